The number of nitrogens with one attached hydrogen (secondary N) is 1. The van der Waals surface area contributed by atoms with Gasteiger partial charge in [0, 0.05) is 37.9 Å². The summed E-state index contributed by atoms with van der Waals surface area (Å²) < 4.78 is 32.5. The lowest BCUT2D eigenvalue weighted by Gasteiger charge is -2.36. The lowest BCUT2D eigenvalue weighted by Crippen LogP contribution is -2.48. The van der Waals surface area contributed by atoms with Crippen LogP contribution in [0.2, 0.25) is 0 Å². The first kappa shape index (κ1) is 22.8. The lowest BCUT2D eigenvalue weighted by atomic mass is 10.1. The Balaban J connectivity index is 1.31. The van der Waals surface area contributed by atoms with Crippen LogP contribution in [0.5, 0.6) is 0 Å². The van der Waals surface area contributed by atoms with Gasteiger partial charge in [0.25, 0.3) is 0 Å². The molecular weight excluding hydrogens is 438 g/mol. The fourth-order valence-electron chi connectivity index (χ4n) is 3.78. The van der Waals surface area contributed by atoms with Crippen LogP contribution in [-0.4, -0.2) is 45.4 Å². The van der Waals surface area contributed by atoms with Crippen molar-refractivity contribution in [2.45, 2.75) is 18.4 Å². The van der Waals surface area contributed by atoms with E-state index in [4.69, 9.17) is 4.42 Å². The largest absolute Gasteiger partial charge is 0.468 e. The van der Waals surface area contributed by atoms with E-state index in [1.807, 2.05) is 17.0 Å². The Hall–Kier alpha value is -3.36. The van der Waals surface area contributed by atoms with Gasteiger partial charge in [-0.15, -0.1) is 0 Å². The first-order chi connectivity index (χ1) is 15.9. The zero-order chi connectivity index (χ0) is 23.3. The number of hydrogen-bond donors (Lipinski definition) is 1. The highest BCUT2D eigenvalue weighted by Crippen LogP contribution is 2.21. The monoisotopic (exact) mass is 465 g/mol. The van der Waals surface area contributed by atoms with Gasteiger partial charge in [-0.2, -0.15) is 0 Å². The Bertz CT molecular complexity index is 1210. The SMILES string of the molecule is Cc1ccccc1N1CCN(C(=O)/C=C/c2ccc(S(=O)(=O)NCc3ccco3)cc2)CC1. The molecule has 0 aliphatic carbocycles. The third kappa shape index (κ3) is 5.71. The summed E-state index contributed by atoms with van der Waals surface area (Å²) in [6.45, 7) is 5.10. The number of sulfonamides is 1. The molecule has 172 valence electrons. The van der Waals surface area contributed by atoms with Crippen molar-refractivity contribution in [1.29, 1.82) is 0 Å². The summed E-state index contributed by atoms with van der Waals surface area (Å²) in [5.74, 6) is 0.493. The number of amides is 1. The maximum atomic E-state index is 12.6. The van der Waals surface area contributed by atoms with E-state index >= 15 is 0 Å². The van der Waals surface area contributed by atoms with Crippen molar-refractivity contribution >= 4 is 27.7 Å². The number of nitrogens with zero attached hydrogens (tertiary/aromatic N) is 2. The van der Waals surface area contributed by atoms with Gasteiger partial charge in [0.15, 0.2) is 0 Å². The van der Waals surface area contributed by atoms with Crippen molar-refractivity contribution < 1.29 is 17.6 Å². The molecule has 0 spiro atoms. The van der Waals surface area contributed by atoms with E-state index in [-0.39, 0.29) is 17.3 Å². The summed E-state index contributed by atoms with van der Waals surface area (Å²) in [5.41, 5.74) is 3.21. The maximum Gasteiger partial charge on any atom is 0.246 e. The fourth-order valence-corrected chi connectivity index (χ4v) is 4.77. The molecule has 0 unspecified atom stereocenters. The van der Waals surface area contributed by atoms with Crippen LogP contribution >= 0.6 is 0 Å². The molecule has 0 radical (unpaired) electrons. The van der Waals surface area contributed by atoms with Crippen LogP contribution in [0.3, 0.4) is 0 Å². The predicted molar refractivity (Wildman–Crippen MR) is 128 cm³/mol. The zero-order valence-corrected chi connectivity index (χ0v) is 19.3. The molecule has 1 N–H and O–H groups in total. The number of furan rings is 1. The summed E-state index contributed by atoms with van der Waals surface area (Å²) in [6, 6.07) is 18.1. The minimum Gasteiger partial charge on any atom is -0.468 e. The van der Waals surface area contributed by atoms with E-state index in [0.717, 1.165) is 18.7 Å². The Morgan fingerprint density at radius 1 is 1.00 bits per heavy atom. The molecule has 1 amide bonds. The second-order valence-corrected chi connectivity index (χ2v) is 9.67. The molecule has 7 nitrogen and oxygen atoms in total. The van der Waals surface area contributed by atoms with Crippen LogP contribution in [0.25, 0.3) is 6.08 Å². The molecule has 2 heterocycles. The molecule has 2 aromatic carbocycles. The molecule has 0 bridgehead atoms. The number of rotatable bonds is 7. The Kier molecular flexibility index (Phi) is 6.96. The van der Waals surface area contributed by atoms with Gasteiger partial charge < -0.3 is 14.2 Å². The Labute approximate surface area is 194 Å². The Morgan fingerprint density at radius 3 is 2.39 bits per heavy atom. The third-order valence-corrected chi connectivity index (χ3v) is 7.09. The predicted octanol–water partition coefficient (Wildman–Crippen LogP) is 3.43. The number of benzene rings is 2. The van der Waals surface area contributed by atoms with Gasteiger partial charge in [-0.3, -0.25) is 4.79 Å². The molecule has 3 aromatic rings. The molecule has 1 aliphatic rings. The maximum absolute atomic E-state index is 12.6. The second kappa shape index (κ2) is 10.1. The average Bonchev–Trinajstić information content (AvgIpc) is 3.36. The Morgan fingerprint density at radius 2 is 1.73 bits per heavy atom. The highest BCUT2D eigenvalue weighted by atomic mass is 32.2. The first-order valence-electron chi connectivity index (χ1n) is 10.8. The normalized spacial score (nSPS) is 14.7. The number of hydrogen-bond acceptors (Lipinski definition) is 5. The minimum absolute atomic E-state index is 0.0451. The number of anilines is 1. The van der Waals surface area contributed by atoms with Gasteiger partial charge in [-0.05, 0) is 54.5 Å². The molecule has 1 fully saturated rings. The highest BCUT2D eigenvalue weighted by molar-refractivity contribution is 7.89. The van der Waals surface area contributed by atoms with Crippen LogP contribution in [0.4, 0.5) is 5.69 Å². The van der Waals surface area contributed by atoms with Crippen molar-refractivity contribution in [3.63, 3.8) is 0 Å². The smallest absolute Gasteiger partial charge is 0.246 e. The fraction of sp³-hybridized carbons (Fsp3) is 0.240. The van der Waals surface area contributed by atoms with Crippen LogP contribution in [0.15, 0.2) is 82.3 Å². The van der Waals surface area contributed by atoms with Crippen LogP contribution < -0.4 is 9.62 Å². The van der Waals surface area contributed by atoms with E-state index in [1.54, 1.807) is 36.4 Å². The number of piperazine rings is 1. The lowest BCUT2D eigenvalue weighted by molar-refractivity contribution is -0.126. The third-order valence-electron chi connectivity index (χ3n) is 5.67. The van der Waals surface area contributed by atoms with Gasteiger partial charge in [0.05, 0.1) is 17.7 Å². The van der Waals surface area contributed by atoms with E-state index < -0.39 is 10.0 Å². The second-order valence-electron chi connectivity index (χ2n) is 7.91. The van der Waals surface area contributed by atoms with Crippen molar-refractivity contribution in [3.05, 3.63) is 89.9 Å². The molecule has 4 rings (SSSR count). The zero-order valence-electron chi connectivity index (χ0n) is 18.5. The van der Waals surface area contributed by atoms with Crippen molar-refractivity contribution in [2.24, 2.45) is 0 Å². The molecule has 33 heavy (non-hydrogen) atoms. The van der Waals surface area contributed by atoms with Crippen molar-refractivity contribution in [1.82, 2.24) is 9.62 Å². The molecule has 0 saturated carbocycles. The molecule has 0 atom stereocenters. The van der Waals surface area contributed by atoms with Crippen molar-refractivity contribution in [3.8, 4) is 0 Å². The van der Waals surface area contributed by atoms with Crippen LogP contribution in [0.1, 0.15) is 16.9 Å². The molecular formula is C25H27N3O4S. The van der Waals surface area contributed by atoms with E-state index in [9.17, 15) is 13.2 Å². The standard InChI is InChI=1S/C25H27N3O4S/c1-20-5-2-3-7-24(20)27-14-16-28(17-15-27)25(29)13-10-21-8-11-23(12-9-21)33(30,31)26-19-22-6-4-18-32-22/h2-13,18,26H,14-17,19H2,1H3/b13-10+. The summed E-state index contributed by atoms with van der Waals surface area (Å²) in [7, 11) is -3.65. The van der Waals surface area contributed by atoms with Gasteiger partial charge in [0.2, 0.25) is 15.9 Å². The first-order valence-corrected chi connectivity index (χ1v) is 12.3. The number of para-hydroxylation sites is 1. The molecule has 1 aromatic heterocycles. The van der Waals surface area contributed by atoms with E-state index in [0.29, 0.717) is 18.8 Å². The minimum atomic E-state index is -3.65. The topological polar surface area (TPSA) is 82.9 Å². The van der Waals surface area contributed by atoms with Crippen LogP contribution in [-0.2, 0) is 21.4 Å². The summed E-state index contributed by atoms with van der Waals surface area (Å²) in [4.78, 5) is 16.9. The molecule has 1 aliphatic heterocycles. The van der Waals surface area contributed by atoms with Crippen molar-refractivity contribution in [2.75, 3.05) is 31.1 Å². The van der Waals surface area contributed by atoms with Gasteiger partial charge in [-0.1, -0.05) is 30.3 Å². The van der Waals surface area contributed by atoms with Gasteiger partial charge in [-0.25, -0.2) is 13.1 Å². The number of carbonyl (C=O) groups excluding carboxylic acids is 1. The highest BCUT2D eigenvalue weighted by Gasteiger charge is 2.20. The summed E-state index contributed by atoms with van der Waals surface area (Å²) in [6.07, 6.45) is 4.75. The molecule has 8 heteroatoms. The summed E-state index contributed by atoms with van der Waals surface area (Å²) in [5, 5.41) is 0. The summed E-state index contributed by atoms with van der Waals surface area (Å²) >= 11 is 0. The molecule has 1 saturated heterocycles. The van der Waals surface area contributed by atoms with Gasteiger partial charge in [0.1, 0.15) is 5.76 Å². The van der Waals surface area contributed by atoms with E-state index in [1.165, 1.54) is 29.6 Å². The number of aryl methyl sites for hydroxylation is 1. The van der Waals surface area contributed by atoms with Crippen LogP contribution in [0, 0.1) is 6.92 Å². The average molecular weight is 466 g/mol. The quantitative estimate of drug-likeness (QED) is 0.541. The van der Waals surface area contributed by atoms with Gasteiger partial charge >= 0.3 is 0 Å². The number of carbonyl (C=O) groups is 1. The van der Waals surface area contributed by atoms with E-state index in [2.05, 4.69) is 28.7 Å².